The van der Waals surface area contributed by atoms with E-state index in [1.165, 1.54) is 12.1 Å². The highest BCUT2D eigenvalue weighted by Crippen LogP contribution is 2.29. The number of nitrogens with two attached hydrogens (primary N) is 1. The molecule has 0 fully saturated rings. The van der Waals surface area contributed by atoms with Gasteiger partial charge >= 0.3 is 0 Å². The van der Waals surface area contributed by atoms with Crippen LogP contribution in [-0.2, 0) is 0 Å². The molecule has 0 spiro atoms. The Labute approximate surface area is 121 Å². The van der Waals surface area contributed by atoms with Crippen molar-refractivity contribution in [3.05, 3.63) is 52.1 Å². The molecule has 2 aromatic rings. The maximum absolute atomic E-state index is 10.9. The van der Waals surface area contributed by atoms with Gasteiger partial charge in [-0.1, -0.05) is 0 Å². The van der Waals surface area contributed by atoms with Gasteiger partial charge in [-0.2, -0.15) is 0 Å². The fourth-order valence-corrected chi connectivity index (χ4v) is 1.93. The normalized spacial score (nSPS) is 10.0. The third-order valence-electron chi connectivity index (χ3n) is 3.01. The molecule has 21 heavy (non-hydrogen) atoms. The van der Waals surface area contributed by atoms with Crippen molar-refractivity contribution in [1.82, 2.24) is 0 Å². The van der Waals surface area contributed by atoms with Crippen molar-refractivity contribution >= 4 is 22.7 Å². The van der Waals surface area contributed by atoms with E-state index in [1.54, 1.807) is 13.2 Å². The number of rotatable bonds is 5. The lowest BCUT2D eigenvalue weighted by atomic mass is 10.1. The summed E-state index contributed by atoms with van der Waals surface area (Å²) in [5.41, 5.74) is 5.20. The zero-order valence-corrected chi connectivity index (χ0v) is 11.7. The van der Waals surface area contributed by atoms with Gasteiger partial charge in [0.1, 0.15) is 5.75 Å². The number of nitrogen functional groups attached to an aromatic ring is 1. The van der Waals surface area contributed by atoms with Crippen molar-refractivity contribution < 1.29 is 9.66 Å². The molecule has 0 unspecified atom stereocenters. The number of hydrogen-bond donors (Lipinski definition) is 3. The Morgan fingerprint density at radius 3 is 2.48 bits per heavy atom. The summed E-state index contributed by atoms with van der Waals surface area (Å²) in [7, 11) is 1.60. The van der Waals surface area contributed by atoms with Gasteiger partial charge in [-0.25, -0.2) is 0 Å². The van der Waals surface area contributed by atoms with E-state index in [4.69, 9.17) is 10.6 Å². The third-order valence-corrected chi connectivity index (χ3v) is 3.01. The number of nitro benzene ring substituents is 1. The fourth-order valence-electron chi connectivity index (χ4n) is 1.93. The van der Waals surface area contributed by atoms with Gasteiger partial charge in [0.15, 0.2) is 0 Å². The van der Waals surface area contributed by atoms with Crippen molar-refractivity contribution in [2.45, 2.75) is 6.92 Å². The molecule has 0 atom stereocenters. The zero-order valence-electron chi connectivity index (χ0n) is 11.7. The Balaban J connectivity index is 2.34. The molecule has 0 amide bonds. The molecule has 2 aromatic carbocycles. The lowest BCUT2D eigenvalue weighted by molar-refractivity contribution is -0.384. The summed E-state index contributed by atoms with van der Waals surface area (Å²) in [5, 5.41) is 14.1. The molecule has 0 radical (unpaired) electrons. The molecule has 110 valence electrons. The van der Waals surface area contributed by atoms with E-state index in [9.17, 15) is 10.1 Å². The number of benzene rings is 2. The molecular weight excluding hydrogens is 272 g/mol. The van der Waals surface area contributed by atoms with Crippen molar-refractivity contribution in [1.29, 1.82) is 0 Å². The Morgan fingerprint density at radius 2 is 1.90 bits per heavy atom. The Kier molecular flexibility index (Phi) is 4.24. The highest BCUT2D eigenvalue weighted by Gasteiger charge is 2.10. The monoisotopic (exact) mass is 288 g/mol. The first-order chi connectivity index (χ1) is 10.0. The van der Waals surface area contributed by atoms with Crippen LogP contribution in [0.1, 0.15) is 5.56 Å². The van der Waals surface area contributed by atoms with Crippen LogP contribution in [-0.4, -0.2) is 12.0 Å². The summed E-state index contributed by atoms with van der Waals surface area (Å²) in [6, 6.07) is 10.0. The predicted molar refractivity (Wildman–Crippen MR) is 81.9 cm³/mol. The first kappa shape index (κ1) is 14.6. The lowest BCUT2D eigenvalue weighted by Crippen LogP contribution is -2.07. The molecule has 4 N–H and O–H groups in total. The number of anilines is 3. The second-order valence-corrected chi connectivity index (χ2v) is 4.48. The smallest absolute Gasteiger partial charge is 0.273 e. The maximum Gasteiger partial charge on any atom is 0.273 e. The highest BCUT2D eigenvalue weighted by atomic mass is 16.6. The summed E-state index contributed by atoms with van der Waals surface area (Å²) >= 11 is 0. The van der Waals surface area contributed by atoms with Crippen LogP contribution < -0.4 is 21.3 Å². The number of ether oxygens (including phenoxy) is 1. The molecule has 0 aliphatic carbocycles. The molecule has 0 saturated carbocycles. The van der Waals surface area contributed by atoms with Crippen LogP contribution in [0.4, 0.5) is 22.7 Å². The van der Waals surface area contributed by atoms with Gasteiger partial charge in [-0.3, -0.25) is 16.0 Å². The van der Waals surface area contributed by atoms with Crippen LogP contribution in [0.2, 0.25) is 0 Å². The van der Waals surface area contributed by atoms with Crippen LogP contribution in [0.3, 0.4) is 0 Å². The topological polar surface area (TPSA) is 102 Å². The number of nitro groups is 1. The second-order valence-electron chi connectivity index (χ2n) is 4.48. The summed E-state index contributed by atoms with van der Waals surface area (Å²) in [6.45, 7) is 1.92. The summed E-state index contributed by atoms with van der Waals surface area (Å²) < 4.78 is 5.14. The molecule has 0 aliphatic heterocycles. The van der Waals surface area contributed by atoms with Crippen LogP contribution in [0.25, 0.3) is 0 Å². The summed E-state index contributed by atoms with van der Waals surface area (Å²) in [4.78, 5) is 10.5. The number of nitrogens with one attached hydrogen (secondary N) is 2. The van der Waals surface area contributed by atoms with Gasteiger partial charge in [-0.05, 0) is 36.8 Å². The average Bonchev–Trinajstić information content (AvgIpc) is 2.48. The minimum atomic E-state index is -0.465. The Bertz CT molecular complexity index is 673. The van der Waals surface area contributed by atoms with Crippen molar-refractivity contribution in [2.24, 2.45) is 5.84 Å². The van der Waals surface area contributed by atoms with E-state index >= 15 is 0 Å². The molecule has 0 aromatic heterocycles. The number of hydrogen-bond acceptors (Lipinski definition) is 6. The maximum atomic E-state index is 10.9. The van der Waals surface area contributed by atoms with Gasteiger partial charge in [0.2, 0.25) is 0 Å². The molecule has 0 aliphatic rings. The summed E-state index contributed by atoms with van der Waals surface area (Å²) in [5.74, 6) is 6.08. The number of hydrazine groups is 1. The van der Waals surface area contributed by atoms with Crippen molar-refractivity contribution in [2.75, 3.05) is 17.9 Å². The SMILES string of the molecule is COc1ccc(Nc2cc(NN)cc([N+](=O)[O-])c2)c(C)c1. The molecule has 0 saturated heterocycles. The van der Waals surface area contributed by atoms with Gasteiger partial charge < -0.3 is 15.5 Å². The van der Waals surface area contributed by atoms with Gasteiger partial charge in [0, 0.05) is 23.5 Å². The number of nitrogens with zero attached hydrogens (tertiary/aromatic N) is 1. The van der Waals surface area contributed by atoms with Crippen LogP contribution in [0, 0.1) is 17.0 Å². The minimum Gasteiger partial charge on any atom is -0.497 e. The molecular formula is C14H16N4O3. The van der Waals surface area contributed by atoms with Crippen LogP contribution in [0.15, 0.2) is 36.4 Å². The minimum absolute atomic E-state index is 0.0425. The van der Waals surface area contributed by atoms with E-state index < -0.39 is 4.92 Å². The average molecular weight is 288 g/mol. The Hall–Kier alpha value is -2.80. The zero-order chi connectivity index (χ0) is 15.4. The molecule has 0 bridgehead atoms. The van der Waals surface area contributed by atoms with Gasteiger partial charge in [0.25, 0.3) is 5.69 Å². The lowest BCUT2D eigenvalue weighted by Gasteiger charge is -2.12. The van der Waals surface area contributed by atoms with Crippen molar-refractivity contribution in [3.63, 3.8) is 0 Å². The quantitative estimate of drug-likeness (QED) is 0.444. The predicted octanol–water partition coefficient (Wildman–Crippen LogP) is 2.94. The van der Waals surface area contributed by atoms with Gasteiger partial charge in [0.05, 0.1) is 17.7 Å². The van der Waals surface area contributed by atoms with E-state index in [2.05, 4.69) is 10.7 Å². The number of aryl methyl sites for hydroxylation is 1. The standard InChI is InChI=1S/C14H16N4O3/c1-9-5-13(21-2)3-4-14(9)16-10-6-11(17-15)8-12(7-10)18(19)20/h3-8,16-17H,15H2,1-2H3. The first-order valence-corrected chi connectivity index (χ1v) is 6.21. The Morgan fingerprint density at radius 1 is 1.19 bits per heavy atom. The van der Waals surface area contributed by atoms with Crippen LogP contribution >= 0.6 is 0 Å². The van der Waals surface area contributed by atoms with Crippen LogP contribution in [0.5, 0.6) is 5.75 Å². The van der Waals surface area contributed by atoms with E-state index in [-0.39, 0.29) is 5.69 Å². The fraction of sp³-hybridized carbons (Fsp3) is 0.143. The third kappa shape index (κ3) is 3.40. The molecule has 7 heteroatoms. The van der Waals surface area contributed by atoms with Crippen molar-refractivity contribution in [3.8, 4) is 5.75 Å². The summed E-state index contributed by atoms with van der Waals surface area (Å²) in [6.07, 6.45) is 0. The molecule has 0 heterocycles. The van der Waals surface area contributed by atoms with E-state index in [0.29, 0.717) is 11.4 Å². The first-order valence-electron chi connectivity index (χ1n) is 6.21. The highest BCUT2D eigenvalue weighted by molar-refractivity contribution is 5.70. The molecule has 7 nitrogen and oxygen atoms in total. The van der Waals surface area contributed by atoms with Gasteiger partial charge in [-0.15, -0.1) is 0 Å². The largest absolute Gasteiger partial charge is 0.497 e. The number of non-ortho nitro benzene ring substituents is 1. The number of methoxy groups -OCH3 is 1. The van der Waals surface area contributed by atoms with E-state index in [1.807, 2.05) is 25.1 Å². The van der Waals surface area contributed by atoms with E-state index in [0.717, 1.165) is 17.0 Å². The second kappa shape index (κ2) is 6.10. The molecule has 2 rings (SSSR count).